The zero-order chi connectivity index (χ0) is 18.7. The minimum Gasteiger partial charge on any atom is -0.380 e. The van der Waals surface area contributed by atoms with Crippen LogP contribution in [0, 0.1) is 0 Å². The number of amides is 1. The molecule has 1 amide bonds. The summed E-state index contributed by atoms with van der Waals surface area (Å²) >= 11 is 0. The quantitative estimate of drug-likeness (QED) is 0.812. The van der Waals surface area contributed by atoms with E-state index in [2.05, 4.69) is 9.97 Å². The molecular weight excluding hydrogens is 356 g/mol. The Morgan fingerprint density at radius 1 is 1.46 bits per heavy atom. The summed E-state index contributed by atoms with van der Waals surface area (Å²) in [6.07, 6.45) is 4.02. The molecule has 8 nitrogen and oxygen atoms in total. The third-order valence-electron chi connectivity index (χ3n) is 4.48. The number of H-pyrrole nitrogens is 1. The maximum absolute atomic E-state index is 12.8. The number of benzene rings is 1. The molecule has 0 spiro atoms. The van der Waals surface area contributed by atoms with Gasteiger partial charge in [-0.2, -0.15) is 4.31 Å². The topological polar surface area (TPSA) is 95.6 Å². The molecule has 2 aromatic rings. The van der Waals surface area contributed by atoms with Crippen LogP contribution in [0.4, 0.5) is 0 Å². The van der Waals surface area contributed by atoms with Crippen molar-refractivity contribution in [1.29, 1.82) is 0 Å². The van der Waals surface area contributed by atoms with Gasteiger partial charge >= 0.3 is 0 Å². The van der Waals surface area contributed by atoms with Crippen LogP contribution in [-0.4, -0.2) is 66.8 Å². The smallest absolute Gasteiger partial charge is 0.253 e. The summed E-state index contributed by atoms with van der Waals surface area (Å²) in [5.41, 5.74) is 0.356. The van der Waals surface area contributed by atoms with E-state index in [1.165, 1.54) is 23.5 Å². The summed E-state index contributed by atoms with van der Waals surface area (Å²) in [6, 6.07) is 6.14. The van der Waals surface area contributed by atoms with Gasteiger partial charge in [-0.1, -0.05) is 6.07 Å². The molecule has 1 N–H and O–H groups in total. The lowest BCUT2D eigenvalue weighted by Crippen LogP contribution is -2.30. The lowest BCUT2D eigenvalue weighted by atomic mass is 10.2. The first-order chi connectivity index (χ1) is 12.4. The number of aromatic nitrogens is 2. The molecule has 0 radical (unpaired) electrons. The number of ether oxygens (including phenoxy) is 1. The van der Waals surface area contributed by atoms with Crippen LogP contribution in [0.1, 0.15) is 22.6 Å². The number of carbonyl (C=O) groups excluding carboxylic acids is 1. The van der Waals surface area contributed by atoms with Crippen LogP contribution < -0.4 is 0 Å². The molecule has 1 saturated heterocycles. The molecule has 1 aliphatic rings. The van der Waals surface area contributed by atoms with Crippen molar-refractivity contribution in [3.8, 4) is 0 Å². The summed E-state index contributed by atoms with van der Waals surface area (Å²) in [4.78, 5) is 21.4. The second-order valence-corrected chi connectivity index (χ2v) is 8.27. The largest absolute Gasteiger partial charge is 0.380 e. The molecule has 0 aliphatic carbocycles. The zero-order valence-electron chi connectivity index (χ0n) is 14.8. The number of aromatic amines is 1. The number of rotatable bonds is 6. The molecule has 1 aromatic carbocycles. The highest BCUT2D eigenvalue weighted by atomic mass is 32.2. The molecule has 1 fully saturated rings. The normalized spacial score (nSPS) is 17.8. The van der Waals surface area contributed by atoms with Gasteiger partial charge in [-0.05, 0) is 24.6 Å². The van der Waals surface area contributed by atoms with Crippen molar-refractivity contribution in [2.75, 3.05) is 27.2 Å². The number of methoxy groups -OCH3 is 1. The second-order valence-electron chi connectivity index (χ2n) is 6.22. The standard InChI is InChI=1S/C17H22N4O4S/c1-20(12-16-18-7-8-19-16)26(23,24)15-5-3-4-13(10-15)17(22)21-9-6-14(11-21)25-2/h3-5,7-8,10,14H,6,9,11-12H2,1-2H3,(H,18,19). The lowest BCUT2D eigenvalue weighted by molar-refractivity contribution is 0.0724. The SMILES string of the molecule is COC1CCN(C(=O)c2cccc(S(=O)(=O)N(C)Cc3ncc[nH]3)c2)C1. The summed E-state index contributed by atoms with van der Waals surface area (Å²) < 4.78 is 32.1. The van der Waals surface area contributed by atoms with E-state index < -0.39 is 10.0 Å². The number of sulfonamides is 1. The van der Waals surface area contributed by atoms with Gasteiger partial charge in [-0.25, -0.2) is 13.4 Å². The maximum Gasteiger partial charge on any atom is 0.253 e. The third-order valence-corrected chi connectivity index (χ3v) is 6.28. The van der Waals surface area contributed by atoms with E-state index in [1.54, 1.807) is 36.5 Å². The van der Waals surface area contributed by atoms with Crippen molar-refractivity contribution in [2.45, 2.75) is 24.0 Å². The number of hydrogen-bond donors (Lipinski definition) is 1. The van der Waals surface area contributed by atoms with Gasteiger partial charge in [0.15, 0.2) is 0 Å². The van der Waals surface area contributed by atoms with Crippen molar-refractivity contribution < 1.29 is 17.9 Å². The van der Waals surface area contributed by atoms with Gasteiger partial charge in [0.25, 0.3) is 5.91 Å². The Morgan fingerprint density at radius 3 is 2.92 bits per heavy atom. The lowest BCUT2D eigenvalue weighted by Gasteiger charge is -2.18. The Morgan fingerprint density at radius 2 is 2.27 bits per heavy atom. The number of likely N-dealkylation sites (tertiary alicyclic amines) is 1. The van der Waals surface area contributed by atoms with Gasteiger partial charge in [-0.15, -0.1) is 0 Å². The molecular formula is C17H22N4O4S. The van der Waals surface area contributed by atoms with Crippen LogP contribution in [0.5, 0.6) is 0 Å². The van der Waals surface area contributed by atoms with E-state index in [4.69, 9.17) is 4.74 Å². The van der Waals surface area contributed by atoms with Crippen LogP contribution in [0.3, 0.4) is 0 Å². The molecule has 0 saturated carbocycles. The van der Waals surface area contributed by atoms with Crippen molar-refractivity contribution >= 4 is 15.9 Å². The molecule has 26 heavy (non-hydrogen) atoms. The molecule has 2 heterocycles. The molecule has 9 heteroatoms. The first-order valence-electron chi connectivity index (χ1n) is 8.28. The Bertz CT molecular complexity index is 867. The Kier molecular flexibility index (Phi) is 5.40. The highest BCUT2D eigenvalue weighted by Crippen LogP contribution is 2.20. The first-order valence-corrected chi connectivity index (χ1v) is 9.72. The molecule has 1 unspecified atom stereocenters. The van der Waals surface area contributed by atoms with E-state index in [0.29, 0.717) is 24.5 Å². The predicted molar refractivity (Wildman–Crippen MR) is 95.0 cm³/mol. The Balaban J connectivity index is 1.78. The number of carbonyl (C=O) groups is 1. The van der Waals surface area contributed by atoms with E-state index in [0.717, 1.165) is 6.42 Å². The highest BCUT2D eigenvalue weighted by molar-refractivity contribution is 7.89. The fourth-order valence-electron chi connectivity index (χ4n) is 2.94. The van der Waals surface area contributed by atoms with E-state index in [1.807, 2.05) is 0 Å². The number of hydrogen-bond acceptors (Lipinski definition) is 5. The Hall–Kier alpha value is -2.23. The summed E-state index contributed by atoms with van der Waals surface area (Å²) in [5.74, 6) is 0.362. The van der Waals surface area contributed by atoms with Crippen LogP contribution in [0.25, 0.3) is 0 Å². The summed E-state index contributed by atoms with van der Waals surface area (Å²) in [7, 11) is -0.624. The van der Waals surface area contributed by atoms with E-state index in [-0.39, 0.29) is 23.5 Å². The minimum absolute atomic E-state index is 0.0327. The second kappa shape index (κ2) is 7.56. The number of imidazole rings is 1. The fraction of sp³-hybridized carbons (Fsp3) is 0.412. The molecule has 1 atom stereocenters. The molecule has 1 aliphatic heterocycles. The van der Waals surface area contributed by atoms with E-state index >= 15 is 0 Å². The predicted octanol–water partition coefficient (Wildman–Crippen LogP) is 1.09. The van der Waals surface area contributed by atoms with Crippen LogP contribution in [0.2, 0.25) is 0 Å². The zero-order valence-corrected chi connectivity index (χ0v) is 15.6. The third kappa shape index (κ3) is 3.79. The van der Waals surface area contributed by atoms with Gasteiger partial charge in [0.1, 0.15) is 5.82 Å². The van der Waals surface area contributed by atoms with Crippen molar-refractivity contribution in [3.63, 3.8) is 0 Å². The highest BCUT2D eigenvalue weighted by Gasteiger charge is 2.28. The molecule has 140 valence electrons. The van der Waals surface area contributed by atoms with Crippen molar-refractivity contribution in [2.24, 2.45) is 0 Å². The molecule has 3 rings (SSSR count). The Labute approximate surface area is 152 Å². The first kappa shape index (κ1) is 18.6. The van der Waals surface area contributed by atoms with Gasteiger partial charge in [0, 0.05) is 45.2 Å². The van der Waals surface area contributed by atoms with Crippen LogP contribution in [0.15, 0.2) is 41.6 Å². The average Bonchev–Trinajstić information content (AvgIpc) is 3.32. The average molecular weight is 378 g/mol. The number of nitrogens with zero attached hydrogens (tertiary/aromatic N) is 3. The van der Waals surface area contributed by atoms with Gasteiger partial charge in [0.2, 0.25) is 10.0 Å². The fourth-order valence-corrected chi connectivity index (χ4v) is 4.12. The van der Waals surface area contributed by atoms with Gasteiger partial charge < -0.3 is 14.6 Å². The number of nitrogens with one attached hydrogen (secondary N) is 1. The molecule has 0 bridgehead atoms. The summed E-state index contributed by atoms with van der Waals surface area (Å²) in [6.45, 7) is 1.24. The monoisotopic (exact) mass is 378 g/mol. The van der Waals surface area contributed by atoms with Crippen LogP contribution in [-0.2, 0) is 21.3 Å². The van der Waals surface area contributed by atoms with Crippen LogP contribution >= 0.6 is 0 Å². The van der Waals surface area contributed by atoms with Gasteiger partial charge in [-0.3, -0.25) is 4.79 Å². The molecule has 1 aromatic heterocycles. The van der Waals surface area contributed by atoms with Gasteiger partial charge in [0.05, 0.1) is 17.5 Å². The van der Waals surface area contributed by atoms with Crippen molar-refractivity contribution in [1.82, 2.24) is 19.2 Å². The van der Waals surface area contributed by atoms with E-state index in [9.17, 15) is 13.2 Å². The minimum atomic E-state index is -3.73. The van der Waals surface area contributed by atoms with Crippen molar-refractivity contribution in [3.05, 3.63) is 48.0 Å². The maximum atomic E-state index is 12.8. The summed E-state index contributed by atoms with van der Waals surface area (Å²) in [5, 5.41) is 0.